The minimum Gasteiger partial charge on any atom is -0.293 e. The normalized spacial score (nSPS) is 17.6. The summed E-state index contributed by atoms with van der Waals surface area (Å²) in [4.78, 5) is 2.37. The van der Waals surface area contributed by atoms with E-state index in [2.05, 4.69) is 20.3 Å². The predicted octanol–water partition coefficient (Wildman–Crippen LogP) is 0.0685. The van der Waals surface area contributed by atoms with Crippen molar-refractivity contribution in [2.24, 2.45) is 7.05 Å². The average molecular weight is 218 g/mol. The van der Waals surface area contributed by atoms with Crippen molar-refractivity contribution in [2.45, 2.75) is 12.6 Å². The van der Waals surface area contributed by atoms with Crippen LogP contribution < -0.4 is 0 Å². The Morgan fingerprint density at radius 3 is 2.94 bits per heavy atom. The highest BCUT2D eigenvalue weighted by molar-refractivity contribution is 4.97. The van der Waals surface area contributed by atoms with Gasteiger partial charge in [0.25, 0.3) is 0 Å². The number of nitrogens with zero attached hydrogens (tertiary/aromatic N) is 6. The SMILES string of the molecule is Cn1nncc1CN1CC(n2cccn2)C1. The van der Waals surface area contributed by atoms with Crippen LogP contribution in [0.1, 0.15) is 11.7 Å². The van der Waals surface area contributed by atoms with Crippen molar-refractivity contribution >= 4 is 0 Å². The van der Waals surface area contributed by atoms with Gasteiger partial charge in [-0.3, -0.25) is 14.3 Å². The Kier molecular flexibility index (Phi) is 2.21. The molecule has 1 aliphatic rings. The second-order valence-corrected chi connectivity index (χ2v) is 4.18. The summed E-state index contributed by atoms with van der Waals surface area (Å²) in [6.07, 6.45) is 5.67. The van der Waals surface area contributed by atoms with E-state index in [-0.39, 0.29) is 0 Å². The van der Waals surface area contributed by atoms with Crippen LogP contribution in [0.3, 0.4) is 0 Å². The van der Waals surface area contributed by atoms with Crippen molar-refractivity contribution in [1.82, 2.24) is 29.7 Å². The number of hydrogen-bond acceptors (Lipinski definition) is 4. The Bertz CT molecular complexity index is 453. The maximum atomic E-state index is 4.25. The molecule has 2 aromatic rings. The van der Waals surface area contributed by atoms with Crippen LogP contribution in [0.2, 0.25) is 0 Å². The standard InChI is InChI=1S/C10H14N6/c1-14-9(5-11-13-14)6-15-7-10(8-15)16-4-2-3-12-16/h2-5,10H,6-8H2,1H3. The molecule has 1 fully saturated rings. The molecule has 6 nitrogen and oxygen atoms in total. The lowest BCUT2D eigenvalue weighted by atomic mass is 10.1. The molecule has 3 heterocycles. The molecule has 0 radical (unpaired) electrons. The molecule has 0 saturated carbocycles. The molecule has 84 valence electrons. The zero-order valence-electron chi connectivity index (χ0n) is 9.19. The van der Waals surface area contributed by atoms with E-state index in [1.165, 1.54) is 0 Å². The first-order valence-electron chi connectivity index (χ1n) is 5.38. The van der Waals surface area contributed by atoms with E-state index in [9.17, 15) is 0 Å². The highest BCUT2D eigenvalue weighted by atomic mass is 15.4. The molecule has 0 bridgehead atoms. The van der Waals surface area contributed by atoms with Gasteiger partial charge in [0.15, 0.2) is 0 Å². The van der Waals surface area contributed by atoms with E-state index < -0.39 is 0 Å². The summed E-state index contributed by atoms with van der Waals surface area (Å²) in [6.45, 7) is 3.01. The van der Waals surface area contributed by atoms with Crippen molar-refractivity contribution in [3.63, 3.8) is 0 Å². The Morgan fingerprint density at radius 2 is 2.31 bits per heavy atom. The largest absolute Gasteiger partial charge is 0.293 e. The van der Waals surface area contributed by atoms with Gasteiger partial charge in [-0.15, -0.1) is 5.10 Å². The molecule has 0 N–H and O–H groups in total. The van der Waals surface area contributed by atoms with E-state index >= 15 is 0 Å². The molecular formula is C10H14N6. The van der Waals surface area contributed by atoms with Crippen molar-refractivity contribution < 1.29 is 0 Å². The van der Waals surface area contributed by atoms with Gasteiger partial charge in [0.2, 0.25) is 0 Å². The molecule has 16 heavy (non-hydrogen) atoms. The maximum absolute atomic E-state index is 4.25. The topological polar surface area (TPSA) is 51.8 Å². The lowest BCUT2D eigenvalue weighted by Crippen LogP contribution is -2.47. The first-order chi connectivity index (χ1) is 7.83. The van der Waals surface area contributed by atoms with E-state index in [0.29, 0.717) is 6.04 Å². The highest BCUT2D eigenvalue weighted by Crippen LogP contribution is 2.21. The first kappa shape index (κ1) is 9.53. The number of rotatable bonds is 3. The van der Waals surface area contributed by atoms with E-state index in [1.807, 2.05) is 41.1 Å². The van der Waals surface area contributed by atoms with Crippen LogP contribution in [0.15, 0.2) is 24.7 Å². The van der Waals surface area contributed by atoms with Gasteiger partial charge >= 0.3 is 0 Å². The van der Waals surface area contributed by atoms with Crippen LogP contribution >= 0.6 is 0 Å². The number of aromatic nitrogens is 5. The van der Waals surface area contributed by atoms with Crippen LogP contribution in [0, 0.1) is 0 Å². The monoisotopic (exact) mass is 218 g/mol. The van der Waals surface area contributed by atoms with Gasteiger partial charge in [0, 0.05) is 39.1 Å². The third-order valence-corrected chi connectivity index (χ3v) is 3.03. The van der Waals surface area contributed by atoms with E-state index in [4.69, 9.17) is 0 Å². The van der Waals surface area contributed by atoms with Crippen LogP contribution in [0.4, 0.5) is 0 Å². The molecule has 1 saturated heterocycles. The molecule has 0 amide bonds. The van der Waals surface area contributed by atoms with Gasteiger partial charge in [-0.25, -0.2) is 0 Å². The summed E-state index contributed by atoms with van der Waals surface area (Å²) in [5, 5.41) is 12.0. The van der Waals surface area contributed by atoms with E-state index in [1.54, 1.807) is 0 Å². The average Bonchev–Trinajstić information content (AvgIpc) is 2.82. The summed E-state index contributed by atoms with van der Waals surface area (Å²) in [6, 6.07) is 2.49. The van der Waals surface area contributed by atoms with Crippen LogP contribution in [0.25, 0.3) is 0 Å². The molecule has 2 aromatic heterocycles. The maximum Gasteiger partial charge on any atom is 0.0773 e. The highest BCUT2D eigenvalue weighted by Gasteiger charge is 2.28. The summed E-state index contributed by atoms with van der Waals surface area (Å²) in [7, 11) is 1.92. The van der Waals surface area contributed by atoms with Crippen molar-refractivity contribution in [2.75, 3.05) is 13.1 Å². The number of likely N-dealkylation sites (tertiary alicyclic amines) is 1. The number of hydrogen-bond donors (Lipinski definition) is 0. The third-order valence-electron chi connectivity index (χ3n) is 3.03. The molecule has 0 spiro atoms. The minimum absolute atomic E-state index is 0.524. The van der Waals surface area contributed by atoms with Gasteiger partial charge in [0.05, 0.1) is 17.9 Å². The van der Waals surface area contributed by atoms with Crippen molar-refractivity contribution in [3.8, 4) is 0 Å². The van der Waals surface area contributed by atoms with Crippen LogP contribution in [-0.2, 0) is 13.6 Å². The third kappa shape index (κ3) is 1.61. The quantitative estimate of drug-likeness (QED) is 0.731. The van der Waals surface area contributed by atoms with Gasteiger partial charge < -0.3 is 0 Å². The molecule has 6 heteroatoms. The fourth-order valence-electron chi connectivity index (χ4n) is 2.02. The van der Waals surface area contributed by atoms with Gasteiger partial charge in [0.1, 0.15) is 0 Å². The zero-order valence-corrected chi connectivity index (χ0v) is 9.19. The fraction of sp³-hybridized carbons (Fsp3) is 0.500. The second kappa shape index (κ2) is 3.71. The molecule has 0 aliphatic carbocycles. The lowest BCUT2D eigenvalue weighted by molar-refractivity contribution is 0.0883. The molecule has 3 rings (SSSR count). The van der Waals surface area contributed by atoms with Crippen LogP contribution in [0.5, 0.6) is 0 Å². The van der Waals surface area contributed by atoms with Crippen LogP contribution in [-0.4, -0.2) is 42.8 Å². The van der Waals surface area contributed by atoms with Crippen molar-refractivity contribution in [3.05, 3.63) is 30.4 Å². The Balaban J connectivity index is 1.56. The summed E-state index contributed by atoms with van der Waals surface area (Å²) in [5.74, 6) is 0. The summed E-state index contributed by atoms with van der Waals surface area (Å²) >= 11 is 0. The van der Waals surface area contributed by atoms with Gasteiger partial charge in [-0.05, 0) is 6.07 Å². The van der Waals surface area contributed by atoms with E-state index in [0.717, 1.165) is 25.3 Å². The second-order valence-electron chi connectivity index (χ2n) is 4.18. The Hall–Kier alpha value is -1.69. The lowest BCUT2D eigenvalue weighted by Gasteiger charge is -2.38. The zero-order chi connectivity index (χ0) is 11.0. The summed E-state index contributed by atoms with van der Waals surface area (Å²) < 4.78 is 3.85. The molecule has 1 aliphatic heterocycles. The Labute approximate surface area is 93.5 Å². The first-order valence-corrected chi connectivity index (χ1v) is 5.38. The molecule has 0 atom stereocenters. The van der Waals surface area contributed by atoms with Crippen molar-refractivity contribution in [1.29, 1.82) is 0 Å². The number of aryl methyl sites for hydroxylation is 1. The molecule has 0 aromatic carbocycles. The predicted molar refractivity (Wildman–Crippen MR) is 57.5 cm³/mol. The van der Waals surface area contributed by atoms with Gasteiger partial charge in [-0.2, -0.15) is 5.10 Å². The fourth-order valence-corrected chi connectivity index (χ4v) is 2.02. The minimum atomic E-state index is 0.524. The Morgan fingerprint density at radius 1 is 1.44 bits per heavy atom. The smallest absolute Gasteiger partial charge is 0.0773 e. The summed E-state index contributed by atoms with van der Waals surface area (Å²) in [5.41, 5.74) is 1.15. The molecule has 0 unspecified atom stereocenters. The van der Waals surface area contributed by atoms with Gasteiger partial charge in [-0.1, -0.05) is 5.21 Å². The molecular weight excluding hydrogens is 204 g/mol.